The van der Waals surface area contributed by atoms with Gasteiger partial charge in [0, 0.05) is 31.1 Å². The largest absolute Gasteiger partial charge is 0.477 e. The van der Waals surface area contributed by atoms with Crippen LogP contribution in [0.3, 0.4) is 0 Å². The smallest absolute Gasteiger partial charge is 0.260 e. The number of amides is 2. The highest BCUT2D eigenvalue weighted by Gasteiger charge is 2.24. The minimum atomic E-state index is -0.259. The number of thiazole rings is 1. The summed E-state index contributed by atoms with van der Waals surface area (Å²) in [6.07, 6.45) is 12.2. The average molecular weight is 509 g/mol. The van der Waals surface area contributed by atoms with Crippen LogP contribution in [-0.2, 0) is 11.3 Å². The van der Waals surface area contributed by atoms with E-state index in [1.807, 2.05) is 17.8 Å². The normalized spacial score (nSPS) is 19.1. The number of hydrogen-bond donors (Lipinski definition) is 4. The molecule has 0 spiro atoms. The predicted octanol–water partition coefficient (Wildman–Crippen LogP) is 1.60. The van der Waals surface area contributed by atoms with Crippen molar-refractivity contribution in [2.45, 2.75) is 38.8 Å². The molecule has 1 atom stereocenters. The van der Waals surface area contributed by atoms with Gasteiger partial charge in [-0.3, -0.25) is 9.59 Å². The second-order valence-electron chi connectivity index (χ2n) is 9.36. The van der Waals surface area contributed by atoms with Crippen molar-refractivity contribution in [1.82, 2.24) is 40.7 Å². The number of hydrogen-bond acceptors (Lipinski definition) is 8. The van der Waals surface area contributed by atoms with Crippen LogP contribution in [0.1, 0.15) is 36.5 Å². The molecule has 3 aromatic heterocycles. The molecule has 2 aliphatic heterocycles. The highest BCUT2D eigenvalue weighted by molar-refractivity contribution is 7.21. The van der Waals surface area contributed by atoms with Crippen molar-refractivity contribution in [3.63, 3.8) is 0 Å². The number of nitrogens with zero attached hydrogens (tertiary/aromatic N) is 4. The third-order valence-electron chi connectivity index (χ3n) is 6.47. The number of fused-ring (bicyclic) bond motifs is 2. The molecule has 0 radical (unpaired) electrons. The predicted molar refractivity (Wildman–Crippen MR) is 134 cm³/mol. The summed E-state index contributed by atoms with van der Waals surface area (Å²) in [4.78, 5) is 27.2. The van der Waals surface area contributed by atoms with Crippen LogP contribution in [0.4, 0.5) is 0 Å². The van der Waals surface area contributed by atoms with Crippen LogP contribution in [0.5, 0.6) is 5.88 Å². The third kappa shape index (κ3) is 4.61. The van der Waals surface area contributed by atoms with Crippen LogP contribution in [-0.4, -0.2) is 56.9 Å². The topological polar surface area (TPSA) is 127 Å². The summed E-state index contributed by atoms with van der Waals surface area (Å²) in [6, 6.07) is -0.122. The van der Waals surface area contributed by atoms with E-state index in [1.165, 1.54) is 24.2 Å². The van der Waals surface area contributed by atoms with Crippen molar-refractivity contribution in [2.75, 3.05) is 19.7 Å². The van der Waals surface area contributed by atoms with Gasteiger partial charge in [0.05, 0.1) is 53.3 Å². The Labute approximate surface area is 211 Å². The molecular formula is C24H28N8O3S. The van der Waals surface area contributed by atoms with Crippen molar-refractivity contribution >= 4 is 28.0 Å². The first kappa shape index (κ1) is 22.8. The molecule has 11 nitrogen and oxygen atoms in total. The van der Waals surface area contributed by atoms with Crippen LogP contribution in [0.15, 0.2) is 42.3 Å². The summed E-state index contributed by atoms with van der Waals surface area (Å²) in [6.45, 7) is 4.59. The molecule has 1 fully saturated rings. The van der Waals surface area contributed by atoms with E-state index in [2.05, 4.69) is 31.5 Å². The number of nitrogens with one attached hydrogen (secondary N) is 4. The molecule has 3 aliphatic rings. The van der Waals surface area contributed by atoms with Crippen molar-refractivity contribution in [2.24, 2.45) is 5.92 Å². The van der Waals surface area contributed by atoms with Gasteiger partial charge in [-0.1, -0.05) is 0 Å². The summed E-state index contributed by atoms with van der Waals surface area (Å²) < 4.78 is 9.40. The number of allylic oxidation sites excluding steroid dienone is 1. The lowest BCUT2D eigenvalue weighted by atomic mass is 10.1. The van der Waals surface area contributed by atoms with E-state index < -0.39 is 0 Å². The Hall–Kier alpha value is -3.64. The monoisotopic (exact) mass is 508 g/mol. The minimum Gasteiger partial charge on any atom is -0.477 e. The van der Waals surface area contributed by atoms with E-state index in [-0.39, 0.29) is 24.4 Å². The molecule has 1 aliphatic carbocycles. The fraction of sp³-hybridized carbons (Fsp3) is 0.417. The SMILES string of the molecule is CC1NC=C(NC(=O)CNCC2CC2)C=C1NC(=O)c1cnn2cc(-c3cnn4c3OCCC4)sc12. The number of aromatic nitrogens is 4. The zero-order valence-corrected chi connectivity index (χ0v) is 20.7. The first-order valence-corrected chi connectivity index (χ1v) is 13.0. The molecule has 36 heavy (non-hydrogen) atoms. The van der Waals surface area contributed by atoms with E-state index in [4.69, 9.17) is 4.74 Å². The lowest BCUT2D eigenvalue weighted by Crippen LogP contribution is -2.40. The number of ether oxygens (including phenoxy) is 1. The Kier molecular flexibility index (Phi) is 5.97. The summed E-state index contributed by atoms with van der Waals surface area (Å²) in [5.74, 6) is 1.10. The summed E-state index contributed by atoms with van der Waals surface area (Å²) in [7, 11) is 0. The van der Waals surface area contributed by atoms with E-state index in [0.29, 0.717) is 29.5 Å². The van der Waals surface area contributed by atoms with Crippen LogP contribution in [0, 0.1) is 5.92 Å². The summed E-state index contributed by atoms with van der Waals surface area (Å²) in [5.41, 5.74) is 2.65. The molecule has 1 saturated carbocycles. The fourth-order valence-electron chi connectivity index (χ4n) is 4.28. The first-order valence-electron chi connectivity index (χ1n) is 12.2. The molecule has 0 saturated heterocycles. The van der Waals surface area contributed by atoms with Gasteiger partial charge in [-0.05, 0) is 38.3 Å². The van der Waals surface area contributed by atoms with Gasteiger partial charge in [0.15, 0.2) is 0 Å². The van der Waals surface area contributed by atoms with Crippen LogP contribution < -0.4 is 26.0 Å². The molecule has 4 N–H and O–H groups in total. The van der Waals surface area contributed by atoms with E-state index >= 15 is 0 Å². The van der Waals surface area contributed by atoms with E-state index in [9.17, 15) is 9.59 Å². The van der Waals surface area contributed by atoms with Gasteiger partial charge in [-0.15, -0.1) is 11.3 Å². The van der Waals surface area contributed by atoms with Crippen molar-refractivity contribution < 1.29 is 14.3 Å². The van der Waals surface area contributed by atoms with Gasteiger partial charge in [0.25, 0.3) is 5.91 Å². The van der Waals surface area contributed by atoms with Gasteiger partial charge in [0.2, 0.25) is 11.8 Å². The van der Waals surface area contributed by atoms with E-state index in [0.717, 1.165) is 40.7 Å². The highest BCUT2D eigenvalue weighted by Crippen LogP contribution is 2.37. The second-order valence-corrected chi connectivity index (χ2v) is 10.4. The van der Waals surface area contributed by atoms with Crippen molar-refractivity contribution in [1.29, 1.82) is 0 Å². The molecule has 6 rings (SSSR count). The van der Waals surface area contributed by atoms with Gasteiger partial charge in [-0.25, -0.2) is 9.20 Å². The molecule has 5 heterocycles. The first-order chi connectivity index (χ1) is 17.5. The number of aryl methyl sites for hydroxylation is 1. The molecule has 3 aromatic rings. The molecule has 188 valence electrons. The quantitative estimate of drug-likeness (QED) is 0.364. The maximum atomic E-state index is 13.2. The lowest BCUT2D eigenvalue weighted by molar-refractivity contribution is -0.119. The zero-order chi connectivity index (χ0) is 24.6. The molecule has 12 heteroatoms. The van der Waals surface area contributed by atoms with E-state index in [1.54, 1.807) is 29.2 Å². The number of dihydropyridines is 1. The Morgan fingerprint density at radius 1 is 1.25 bits per heavy atom. The maximum absolute atomic E-state index is 13.2. The number of rotatable bonds is 8. The molecular weight excluding hydrogens is 480 g/mol. The summed E-state index contributed by atoms with van der Waals surface area (Å²) in [5, 5.41) is 21.0. The molecule has 1 unspecified atom stereocenters. The van der Waals surface area contributed by atoms with Crippen molar-refractivity contribution in [3.8, 4) is 16.3 Å². The van der Waals surface area contributed by atoms with Crippen LogP contribution in [0.25, 0.3) is 15.3 Å². The molecule has 0 aromatic carbocycles. The number of carbonyl (C=O) groups is 2. The summed E-state index contributed by atoms with van der Waals surface area (Å²) >= 11 is 1.47. The Balaban J connectivity index is 1.15. The van der Waals surface area contributed by atoms with Crippen LogP contribution >= 0.6 is 11.3 Å². The minimum absolute atomic E-state index is 0.115. The third-order valence-corrected chi connectivity index (χ3v) is 7.62. The fourth-order valence-corrected chi connectivity index (χ4v) is 5.33. The number of carbonyl (C=O) groups excluding carboxylic acids is 2. The highest BCUT2D eigenvalue weighted by atomic mass is 32.1. The Morgan fingerprint density at radius 3 is 3.00 bits per heavy atom. The van der Waals surface area contributed by atoms with Crippen LogP contribution in [0.2, 0.25) is 0 Å². The molecule has 2 amide bonds. The zero-order valence-electron chi connectivity index (χ0n) is 19.9. The second kappa shape index (κ2) is 9.43. The standard InChI is InChI=1S/C24H28N8O3S/c1-14-19(7-16(9-26-14)29-21(33)12-25-8-15-3-4-15)30-22(34)18-11-28-32-13-20(36-24(18)32)17-10-27-31-5-2-6-35-23(17)31/h7,9-11,13-15,25-26H,2-6,8,12H2,1H3,(H,29,33)(H,30,34). The Bertz CT molecular complexity index is 1380. The van der Waals surface area contributed by atoms with Gasteiger partial charge in [-0.2, -0.15) is 10.2 Å². The van der Waals surface area contributed by atoms with Crippen molar-refractivity contribution in [3.05, 3.63) is 47.8 Å². The lowest BCUT2D eigenvalue weighted by Gasteiger charge is -2.23. The Morgan fingerprint density at radius 2 is 2.14 bits per heavy atom. The van der Waals surface area contributed by atoms with Gasteiger partial charge >= 0.3 is 0 Å². The van der Waals surface area contributed by atoms with Gasteiger partial charge in [0.1, 0.15) is 4.83 Å². The van der Waals surface area contributed by atoms with Gasteiger partial charge < -0.3 is 26.0 Å². The average Bonchev–Trinajstić information content (AvgIpc) is 3.25. The maximum Gasteiger partial charge on any atom is 0.260 e. The molecule has 0 bridgehead atoms.